The standard InChI is InChI=1S/C21H29N5O3/c27-20(22-13-17-9-6-12-29-17)14-25(16-7-2-1-3-8-16)21(28)15-26-19-11-5-4-10-18(19)23-24-26/h4-5,10-11,16-17H,1-3,6-9,12-15H2,(H,22,27)/t17-/m1/s1. The number of carbonyl (C=O) groups excluding carboxylic acids is 2. The van der Waals surface area contributed by atoms with Crippen molar-refractivity contribution >= 4 is 22.8 Å². The Kier molecular flexibility index (Phi) is 6.39. The Hall–Kier alpha value is -2.48. The van der Waals surface area contributed by atoms with Crippen LogP contribution in [0.1, 0.15) is 44.9 Å². The molecule has 1 N–H and O–H groups in total. The van der Waals surface area contributed by atoms with Crippen LogP contribution in [0.15, 0.2) is 24.3 Å². The topological polar surface area (TPSA) is 89.4 Å². The second-order valence-corrected chi connectivity index (χ2v) is 7.99. The Morgan fingerprint density at radius 2 is 1.97 bits per heavy atom. The molecule has 1 aliphatic carbocycles. The number of amides is 2. The third-order valence-electron chi connectivity index (χ3n) is 5.91. The van der Waals surface area contributed by atoms with Crippen LogP contribution < -0.4 is 5.32 Å². The normalized spacial score (nSPS) is 20.1. The summed E-state index contributed by atoms with van der Waals surface area (Å²) in [6.45, 7) is 1.46. The van der Waals surface area contributed by atoms with Gasteiger partial charge < -0.3 is 15.0 Å². The molecule has 8 heteroatoms. The molecule has 1 aromatic heterocycles. The summed E-state index contributed by atoms with van der Waals surface area (Å²) in [4.78, 5) is 27.5. The van der Waals surface area contributed by atoms with Gasteiger partial charge >= 0.3 is 0 Å². The van der Waals surface area contributed by atoms with Crippen molar-refractivity contribution in [3.05, 3.63) is 24.3 Å². The van der Waals surface area contributed by atoms with Gasteiger partial charge in [-0.05, 0) is 37.8 Å². The van der Waals surface area contributed by atoms with Gasteiger partial charge in [-0.2, -0.15) is 0 Å². The van der Waals surface area contributed by atoms with E-state index < -0.39 is 0 Å². The summed E-state index contributed by atoms with van der Waals surface area (Å²) >= 11 is 0. The van der Waals surface area contributed by atoms with Gasteiger partial charge in [0, 0.05) is 19.2 Å². The molecule has 2 fully saturated rings. The molecule has 0 radical (unpaired) electrons. The molecule has 2 amide bonds. The van der Waals surface area contributed by atoms with E-state index in [9.17, 15) is 9.59 Å². The van der Waals surface area contributed by atoms with Crippen molar-refractivity contribution in [2.24, 2.45) is 0 Å². The van der Waals surface area contributed by atoms with Crippen molar-refractivity contribution in [2.45, 2.75) is 63.6 Å². The summed E-state index contributed by atoms with van der Waals surface area (Å²) in [5, 5.41) is 11.2. The van der Waals surface area contributed by atoms with E-state index in [0.717, 1.165) is 56.2 Å². The van der Waals surface area contributed by atoms with Crippen LogP contribution in [0.3, 0.4) is 0 Å². The molecule has 2 aromatic rings. The Balaban J connectivity index is 1.42. The number of aromatic nitrogens is 3. The predicted octanol–water partition coefficient (Wildman–Crippen LogP) is 1.89. The van der Waals surface area contributed by atoms with Crippen molar-refractivity contribution in [3.63, 3.8) is 0 Å². The van der Waals surface area contributed by atoms with Crippen molar-refractivity contribution < 1.29 is 14.3 Å². The molecule has 2 aliphatic rings. The van der Waals surface area contributed by atoms with E-state index in [-0.39, 0.29) is 37.0 Å². The number of fused-ring (bicyclic) bond motifs is 1. The molecule has 2 heterocycles. The molecule has 156 valence electrons. The summed E-state index contributed by atoms with van der Waals surface area (Å²) in [6, 6.07) is 7.70. The molecule has 4 rings (SSSR count). The molecular weight excluding hydrogens is 370 g/mol. The Morgan fingerprint density at radius 1 is 1.14 bits per heavy atom. The van der Waals surface area contributed by atoms with Crippen molar-refractivity contribution in [1.29, 1.82) is 0 Å². The number of hydrogen-bond donors (Lipinski definition) is 1. The van der Waals surface area contributed by atoms with Crippen LogP contribution in [0, 0.1) is 0 Å². The van der Waals surface area contributed by atoms with E-state index in [2.05, 4.69) is 15.6 Å². The first kappa shape index (κ1) is 19.8. The van der Waals surface area contributed by atoms with E-state index in [0.29, 0.717) is 6.54 Å². The number of rotatable bonds is 7. The van der Waals surface area contributed by atoms with Gasteiger partial charge in [0.2, 0.25) is 11.8 Å². The SMILES string of the molecule is O=C(CN(C(=O)Cn1nnc2ccccc21)C1CCCCC1)NC[C@H]1CCCO1. The smallest absolute Gasteiger partial charge is 0.245 e. The summed E-state index contributed by atoms with van der Waals surface area (Å²) in [5.41, 5.74) is 1.59. The van der Waals surface area contributed by atoms with Gasteiger partial charge in [0.25, 0.3) is 0 Å². The molecule has 0 bridgehead atoms. The highest BCUT2D eigenvalue weighted by molar-refractivity contribution is 5.85. The first-order chi connectivity index (χ1) is 14.2. The first-order valence-electron chi connectivity index (χ1n) is 10.7. The fourth-order valence-corrected chi connectivity index (χ4v) is 4.31. The zero-order valence-electron chi connectivity index (χ0n) is 16.8. The van der Waals surface area contributed by atoms with E-state index in [4.69, 9.17) is 4.74 Å². The number of para-hydroxylation sites is 1. The molecule has 1 saturated heterocycles. The van der Waals surface area contributed by atoms with Crippen LogP contribution in [0.2, 0.25) is 0 Å². The number of hydrogen-bond acceptors (Lipinski definition) is 5. The number of ether oxygens (including phenoxy) is 1. The quantitative estimate of drug-likeness (QED) is 0.768. The van der Waals surface area contributed by atoms with Gasteiger partial charge in [-0.3, -0.25) is 9.59 Å². The maximum Gasteiger partial charge on any atom is 0.245 e. The molecule has 0 spiro atoms. The molecule has 1 atom stereocenters. The van der Waals surface area contributed by atoms with Gasteiger partial charge in [0.15, 0.2) is 0 Å². The fourth-order valence-electron chi connectivity index (χ4n) is 4.31. The Morgan fingerprint density at radius 3 is 2.76 bits per heavy atom. The lowest BCUT2D eigenvalue weighted by Crippen LogP contribution is -2.49. The lowest BCUT2D eigenvalue weighted by Gasteiger charge is -2.34. The summed E-state index contributed by atoms with van der Waals surface area (Å²) in [6.07, 6.45) is 7.39. The minimum atomic E-state index is -0.122. The number of benzene rings is 1. The zero-order chi connectivity index (χ0) is 20.1. The van der Waals surface area contributed by atoms with Gasteiger partial charge in [0.1, 0.15) is 12.1 Å². The third-order valence-corrected chi connectivity index (χ3v) is 5.91. The zero-order valence-corrected chi connectivity index (χ0v) is 16.8. The molecule has 1 aliphatic heterocycles. The highest BCUT2D eigenvalue weighted by Gasteiger charge is 2.28. The third kappa shape index (κ3) is 4.93. The van der Waals surface area contributed by atoms with Gasteiger partial charge in [-0.1, -0.05) is 36.6 Å². The molecule has 8 nitrogen and oxygen atoms in total. The highest BCUT2D eigenvalue weighted by atomic mass is 16.5. The van der Waals surface area contributed by atoms with Crippen molar-refractivity contribution in [1.82, 2.24) is 25.2 Å². The predicted molar refractivity (Wildman–Crippen MR) is 108 cm³/mol. The average molecular weight is 399 g/mol. The lowest BCUT2D eigenvalue weighted by molar-refractivity contribution is -0.139. The maximum absolute atomic E-state index is 13.2. The Labute approximate surface area is 170 Å². The number of nitrogens with one attached hydrogen (secondary N) is 1. The van der Waals surface area contributed by atoms with Gasteiger partial charge in [-0.15, -0.1) is 5.10 Å². The van der Waals surface area contributed by atoms with Crippen LogP contribution in [0.4, 0.5) is 0 Å². The van der Waals surface area contributed by atoms with Crippen LogP contribution in [0.25, 0.3) is 11.0 Å². The summed E-state index contributed by atoms with van der Waals surface area (Å²) in [7, 11) is 0. The monoisotopic (exact) mass is 399 g/mol. The largest absolute Gasteiger partial charge is 0.376 e. The van der Waals surface area contributed by atoms with Crippen LogP contribution in [-0.2, 0) is 20.9 Å². The maximum atomic E-state index is 13.2. The highest BCUT2D eigenvalue weighted by Crippen LogP contribution is 2.23. The summed E-state index contributed by atoms with van der Waals surface area (Å²) < 4.78 is 7.19. The minimum Gasteiger partial charge on any atom is -0.376 e. The first-order valence-corrected chi connectivity index (χ1v) is 10.7. The molecule has 29 heavy (non-hydrogen) atoms. The van der Waals surface area contributed by atoms with Crippen LogP contribution >= 0.6 is 0 Å². The van der Waals surface area contributed by atoms with E-state index in [1.165, 1.54) is 6.42 Å². The molecule has 1 aromatic carbocycles. The number of carbonyl (C=O) groups is 2. The van der Waals surface area contributed by atoms with Gasteiger partial charge in [0.05, 0.1) is 18.2 Å². The summed E-state index contributed by atoms with van der Waals surface area (Å²) in [5.74, 6) is -0.206. The number of nitrogens with zero attached hydrogens (tertiary/aromatic N) is 4. The molecular formula is C21H29N5O3. The fraction of sp³-hybridized carbons (Fsp3) is 0.619. The van der Waals surface area contributed by atoms with Crippen molar-refractivity contribution in [2.75, 3.05) is 19.7 Å². The Bertz CT molecular complexity index is 840. The lowest BCUT2D eigenvalue weighted by atomic mass is 9.94. The van der Waals surface area contributed by atoms with Gasteiger partial charge in [-0.25, -0.2) is 4.68 Å². The average Bonchev–Trinajstić information content (AvgIpc) is 3.41. The van der Waals surface area contributed by atoms with E-state index in [1.54, 1.807) is 9.58 Å². The van der Waals surface area contributed by atoms with Crippen LogP contribution in [0.5, 0.6) is 0 Å². The second kappa shape index (κ2) is 9.35. The molecule has 0 unspecified atom stereocenters. The van der Waals surface area contributed by atoms with Crippen molar-refractivity contribution in [3.8, 4) is 0 Å². The van der Waals surface area contributed by atoms with E-state index in [1.807, 2.05) is 24.3 Å². The molecule has 1 saturated carbocycles. The second-order valence-electron chi connectivity index (χ2n) is 7.99. The van der Waals surface area contributed by atoms with E-state index >= 15 is 0 Å². The minimum absolute atomic E-state index is 0.0835. The van der Waals surface area contributed by atoms with Crippen LogP contribution in [-0.4, -0.2) is 63.6 Å².